The summed E-state index contributed by atoms with van der Waals surface area (Å²) in [5, 5.41) is 5.33. The molecule has 0 aliphatic carbocycles. The maximum atomic E-state index is 11.6. The molecule has 0 radical (unpaired) electrons. The quantitative estimate of drug-likeness (QED) is 0.745. The van der Waals surface area contributed by atoms with Gasteiger partial charge < -0.3 is 16.4 Å². The highest BCUT2D eigenvalue weighted by atomic mass is 16.2. The zero-order chi connectivity index (χ0) is 13.7. The zero-order valence-corrected chi connectivity index (χ0v) is 10.9. The van der Waals surface area contributed by atoms with Gasteiger partial charge >= 0.3 is 0 Å². The lowest BCUT2D eigenvalue weighted by Crippen LogP contribution is -2.24. The highest BCUT2D eigenvalue weighted by molar-refractivity contribution is 5.96. The van der Waals surface area contributed by atoms with Crippen molar-refractivity contribution in [3.05, 3.63) is 29.3 Å². The van der Waals surface area contributed by atoms with E-state index in [4.69, 9.17) is 5.73 Å². The van der Waals surface area contributed by atoms with Crippen molar-refractivity contribution in [3.8, 4) is 0 Å². The third kappa shape index (κ3) is 3.85. The monoisotopic (exact) mass is 249 g/mol. The second kappa shape index (κ2) is 6.16. The maximum Gasteiger partial charge on any atom is 0.251 e. The van der Waals surface area contributed by atoms with Crippen LogP contribution in [0.25, 0.3) is 0 Å². The molecule has 98 valence electrons. The predicted octanol–water partition coefficient (Wildman–Crippen LogP) is 1.03. The third-order valence-corrected chi connectivity index (χ3v) is 2.50. The van der Waals surface area contributed by atoms with Crippen LogP contribution in [0.4, 0.5) is 5.69 Å². The molecule has 0 spiro atoms. The molecule has 0 aromatic heterocycles. The Morgan fingerprint density at radius 3 is 2.56 bits per heavy atom. The van der Waals surface area contributed by atoms with Crippen molar-refractivity contribution in [2.24, 2.45) is 5.73 Å². The van der Waals surface area contributed by atoms with E-state index in [-0.39, 0.29) is 24.3 Å². The Kier molecular flexibility index (Phi) is 4.85. The van der Waals surface area contributed by atoms with Gasteiger partial charge in [0.25, 0.3) is 5.91 Å². The SMILES string of the molecule is CNC(=O)c1ccc(NC(=O)CC(C)N)c(C)c1. The smallest absolute Gasteiger partial charge is 0.251 e. The van der Waals surface area contributed by atoms with Crippen LogP contribution in [0.15, 0.2) is 18.2 Å². The number of rotatable bonds is 4. The molecule has 1 aromatic carbocycles. The summed E-state index contributed by atoms with van der Waals surface area (Å²) < 4.78 is 0. The van der Waals surface area contributed by atoms with Crippen molar-refractivity contribution in [2.45, 2.75) is 26.3 Å². The van der Waals surface area contributed by atoms with Crippen LogP contribution in [0.1, 0.15) is 29.3 Å². The molecular formula is C13H19N3O2. The predicted molar refractivity (Wildman–Crippen MR) is 71.5 cm³/mol. The van der Waals surface area contributed by atoms with Crippen molar-refractivity contribution in [3.63, 3.8) is 0 Å². The van der Waals surface area contributed by atoms with E-state index in [0.717, 1.165) is 5.56 Å². The third-order valence-electron chi connectivity index (χ3n) is 2.50. The summed E-state index contributed by atoms with van der Waals surface area (Å²) in [6.07, 6.45) is 0.274. The largest absolute Gasteiger partial charge is 0.355 e. The highest BCUT2D eigenvalue weighted by Crippen LogP contribution is 2.16. The van der Waals surface area contributed by atoms with Gasteiger partial charge in [0.1, 0.15) is 0 Å². The molecular weight excluding hydrogens is 230 g/mol. The Morgan fingerprint density at radius 2 is 2.06 bits per heavy atom. The molecule has 2 amide bonds. The number of hydrogen-bond donors (Lipinski definition) is 3. The Labute approximate surface area is 107 Å². The van der Waals surface area contributed by atoms with Gasteiger partial charge in [-0.25, -0.2) is 0 Å². The highest BCUT2D eigenvalue weighted by Gasteiger charge is 2.09. The summed E-state index contributed by atoms with van der Waals surface area (Å²) in [5.74, 6) is -0.271. The van der Waals surface area contributed by atoms with Crippen LogP contribution in [0.3, 0.4) is 0 Å². The van der Waals surface area contributed by atoms with E-state index >= 15 is 0 Å². The van der Waals surface area contributed by atoms with Crippen molar-refractivity contribution in [1.82, 2.24) is 5.32 Å². The molecule has 1 unspecified atom stereocenters. The molecule has 5 heteroatoms. The minimum absolute atomic E-state index is 0.124. The van der Waals surface area contributed by atoms with Gasteiger partial charge in [0, 0.05) is 30.8 Å². The second-order valence-electron chi connectivity index (χ2n) is 4.34. The minimum Gasteiger partial charge on any atom is -0.355 e. The van der Waals surface area contributed by atoms with Gasteiger partial charge in [-0.15, -0.1) is 0 Å². The summed E-state index contributed by atoms with van der Waals surface area (Å²) in [5.41, 5.74) is 7.67. The molecule has 5 nitrogen and oxygen atoms in total. The molecule has 1 rings (SSSR count). The van der Waals surface area contributed by atoms with Gasteiger partial charge in [-0.05, 0) is 37.6 Å². The van der Waals surface area contributed by atoms with Gasteiger partial charge in [-0.2, -0.15) is 0 Å². The van der Waals surface area contributed by atoms with E-state index in [2.05, 4.69) is 10.6 Å². The summed E-state index contributed by atoms with van der Waals surface area (Å²) >= 11 is 0. The Bertz CT molecular complexity index is 456. The number of benzene rings is 1. The number of nitrogens with two attached hydrogens (primary N) is 1. The van der Waals surface area contributed by atoms with E-state index in [1.165, 1.54) is 0 Å². The number of amides is 2. The second-order valence-corrected chi connectivity index (χ2v) is 4.34. The first-order valence-corrected chi connectivity index (χ1v) is 5.82. The van der Waals surface area contributed by atoms with Crippen LogP contribution < -0.4 is 16.4 Å². The first kappa shape index (κ1) is 14.2. The van der Waals surface area contributed by atoms with Crippen molar-refractivity contribution in [2.75, 3.05) is 12.4 Å². The number of nitrogens with one attached hydrogen (secondary N) is 2. The van der Waals surface area contributed by atoms with E-state index < -0.39 is 0 Å². The van der Waals surface area contributed by atoms with Crippen molar-refractivity contribution >= 4 is 17.5 Å². The molecule has 1 aromatic rings. The molecule has 0 aliphatic rings. The normalized spacial score (nSPS) is 11.8. The van der Waals surface area contributed by atoms with Gasteiger partial charge in [0.15, 0.2) is 0 Å². The number of aryl methyl sites for hydroxylation is 1. The average molecular weight is 249 g/mol. The summed E-state index contributed by atoms with van der Waals surface area (Å²) in [6, 6.07) is 4.96. The van der Waals surface area contributed by atoms with Gasteiger partial charge in [0.05, 0.1) is 0 Å². The minimum atomic E-state index is -0.171. The van der Waals surface area contributed by atoms with Gasteiger partial charge in [-0.3, -0.25) is 9.59 Å². The van der Waals surface area contributed by atoms with Crippen LogP contribution in [-0.4, -0.2) is 24.9 Å². The number of carbonyl (C=O) groups excluding carboxylic acids is 2. The summed E-state index contributed by atoms with van der Waals surface area (Å²) in [4.78, 5) is 23.0. The van der Waals surface area contributed by atoms with Gasteiger partial charge in [-0.1, -0.05) is 0 Å². The summed E-state index contributed by atoms with van der Waals surface area (Å²) in [7, 11) is 1.58. The first-order chi connectivity index (χ1) is 8.43. The number of hydrogen-bond acceptors (Lipinski definition) is 3. The van der Waals surface area contributed by atoms with Crippen molar-refractivity contribution in [1.29, 1.82) is 0 Å². The topological polar surface area (TPSA) is 84.2 Å². The maximum absolute atomic E-state index is 11.6. The number of carbonyl (C=O) groups is 2. The van der Waals surface area contributed by atoms with Crippen LogP contribution in [0.5, 0.6) is 0 Å². The van der Waals surface area contributed by atoms with Crippen LogP contribution in [-0.2, 0) is 4.79 Å². The molecule has 0 aliphatic heterocycles. The zero-order valence-electron chi connectivity index (χ0n) is 10.9. The molecule has 1 atom stereocenters. The molecule has 0 heterocycles. The van der Waals surface area contributed by atoms with E-state index in [1.54, 1.807) is 32.2 Å². The lowest BCUT2D eigenvalue weighted by atomic mass is 10.1. The molecule has 0 saturated heterocycles. The van der Waals surface area contributed by atoms with Crippen molar-refractivity contribution < 1.29 is 9.59 Å². The molecule has 0 saturated carbocycles. The fraction of sp³-hybridized carbons (Fsp3) is 0.385. The lowest BCUT2D eigenvalue weighted by Gasteiger charge is -2.11. The van der Waals surface area contributed by atoms with E-state index in [0.29, 0.717) is 11.3 Å². The van der Waals surface area contributed by atoms with Crippen LogP contribution in [0, 0.1) is 6.92 Å². The molecule has 18 heavy (non-hydrogen) atoms. The molecule has 0 fully saturated rings. The number of anilines is 1. The lowest BCUT2D eigenvalue weighted by molar-refractivity contribution is -0.116. The van der Waals surface area contributed by atoms with Crippen LogP contribution >= 0.6 is 0 Å². The Morgan fingerprint density at radius 1 is 1.39 bits per heavy atom. The molecule has 0 bridgehead atoms. The van der Waals surface area contributed by atoms with Gasteiger partial charge in [0.2, 0.25) is 5.91 Å². The van der Waals surface area contributed by atoms with E-state index in [1.807, 2.05) is 6.92 Å². The van der Waals surface area contributed by atoms with Crippen LogP contribution in [0.2, 0.25) is 0 Å². The standard InChI is InChI=1S/C13H19N3O2/c1-8-6-10(13(18)15-3)4-5-11(8)16-12(17)7-9(2)14/h4-6,9H,7,14H2,1-3H3,(H,15,18)(H,16,17). The fourth-order valence-corrected chi connectivity index (χ4v) is 1.58. The fourth-order valence-electron chi connectivity index (χ4n) is 1.58. The molecule has 4 N–H and O–H groups in total. The summed E-state index contributed by atoms with van der Waals surface area (Å²) in [6.45, 7) is 3.62. The first-order valence-electron chi connectivity index (χ1n) is 5.82. The van der Waals surface area contributed by atoms with E-state index in [9.17, 15) is 9.59 Å². The Balaban J connectivity index is 2.80. The Hall–Kier alpha value is -1.88. The average Bonchev–Trinajstić information content (AvgIpc) is 2.29.